The third kappa shape index (κ3) is 1.55. The van der Waals surface area contributed by atoms with Crippen LogP contribution in [0.5, 0.6) is 0 Å². The summed E-state index contributed by atoms with van der Waals surface area (Å²) in [5, 5.41) is 0. The van der Waals surface area contributed by atoms with E-state index in [1.165, 1.54) is 0 Å². The van der Waals surface area contributed by atoms with Crippen LogP contribution in [0.25, 0.3) is 0 Å². The highest BCUT2D eigenvalue weighted by molar-refractivity contribution is 7.97. The van der Waals surface area contributed by atoms with Gasteiger partial charge in [-0.3, -0.25) is 4.90 Å². The molecular weight excluding hydrogens is 152 g/mol. The Labute approximate surface area is 66.1 Å². The van der Waals surface area contributed by atoms with Crippen LogP contribution in [0.2, 0.25) is 0 Å². The van der Waals surface area contributed by atoms with Crippen molar-refractivity contribution in [3.8, 4) is 0 Å². The second-order valence-corrected chi connectivity index (χ2v) is 3.45. The van der Waals surface area contributed by atoms with Crippen molar-refractivity contribution in [2.75, 3.05) is 26.4 Å². The molecule has 1 heterocycles. The quantitative estimate of drug-likeness (QED) is 0.451. The minimum atomic E-state index is 0.319. The van der Waals surface area contributed by atoms with E-state index in [-0.39, 0.29) is 0 Å². The molecule has 0 amide bonds. The van der Waals surface area contributed by atoms with Crippen LogP contribution in [0.4, 0.5) is 0 Å². The van der Waals surface area contributed by atoms with Gasteiger partial charge in [-0.1, -0.05) is 11.9 Å². The summed E-state index contributed by atoms with van der Waals surface area (Å²) in [7, 11) is 2.09. The summed E-state index contributed by atoms with van der Waals surface area (Å²) >= 11 is 6.15. The zero-order valence-corrected chi connectivity index (χ0v) is 7.45. The van der Waals surface area contributed by atoms with E-state index < -0.39 is 0 Å². The predicted molar refractivity (Wildman–Crippen MR) is 45.6 cm³/mol. The zero-order chi connectivity index (χ0) is 6.85. The van der Waals surface area contributed by atoms with Gasteiger partial charge in [0.15, 0.2) is 0 Å². The lowest BCUT2D eigenvalue weighted by atomic mass is 10.7. The molecular formula is C5H12N2S2. The lowest BCUT2D eigenvalue weighted by Gasteiger charge is -2.19. The molecule has 0 aromatic rings. The first-order chi connectivity index (χ1) is 4.25. The maximum absolute atomic E-state index is 4.39. The SMILES string of the molecule is CSN1CCN(C)C1S. The van der Waals surface area contributed by atoms with Gasteiger partial charge in [0.1, 0.15) is 5.50 Å². The van der Waals surface area contributed by atoms with Crippen LogP contribution in [0.15, 0.2) is 0 Å². The Morgan fingerprint density at radius 2 is 2.22 bits per heavy atom. The standard InChI is InChI=1S/C5H12N2S2/c1-6-3-4-7(9-2)5(6)8/h5,8H,3-4H2,1-2H3. The topological polar surface area (TPSA) is 6.48 Å². The molecule has 0 N–H and O–H groups in total. The predicted octanol–water partition coefficient (Wildman–Crippen LogP) is 0.725. The van der Waals surface area contributed by atoms with Crippen LogP contribution in [0, 0.1) is 0 Å². The van der Waals surface area contributed by atoms with E-state index in [4.69, 9.17) is 0 Å². The largest absolute Gasteiger partial charge is 0.281 e. The molecule has 1 unspecified atom stereocenters. The van der Waals surface area contributed by atoms with Gasteiger partial charge in [0, 0.05) is 13.1 Å². The highest BCUT2D eigenvalue weighted by atomic mass is 32.2. The molecule has 0 aromatic heterocycles. The number of nitrogens with zero attached hydrogens (tertiary/aromatic N) is 2. The third-order valence-electron chi connectivity index (χ3n) is 1.56. The Kier molecular flexibility index (Phi) is 2.70. The second kappa shape index (κ2) is 3.14. The molecule has 0 spiro atoms. The monoisotopic (exact) mass is 164 g/mol. The zero-order valence-electron chi connectivity index (χ0n) is 5.74. The molecule has 0 radical (unpaired) electrons. The molecule has 1 aliphatic rings. The molecule has 0 aromatic carbocycles. The molecule has 1 atom stereocenters. The first kappa shape index (κ1) is 7.72. The van der Waals surface area contributed by atoms with Crippen LogP contribution in [0.3, 0.4) is 0 Å². The fourth-order valence-corrected chi connectivity index (χ4v) is 2.02. The van der Waals surface area contributed by atoms with Crippen molar-refractivity contribution in [2.45, 2.75) is 5.50 Å². The van der Waals surface area contributed by atoms with Crippen molar-refractivity contribution in [1.82, 2.24) is 9.21 Å². The van der Waals surface area contributed by atoms with Gasteiger partial charge >= 0.3 is 0 Å². The summed E-state index contributed by atoms with van der Waals surface area (Å²) < 4.78 is 2.25. The Morgan fingerprint density at radius 1 is 1.56 bits per heavy atom. The second-order valence-electron chi connectivity index (χ2n) is 2.15. The maximum atomic E-state index is 4.39. The van der Waals surface area contributed by atoms with Gasteiger partial charge in [-0.25, -0.2) is 4.31 Å². The van der Waals surface area contributed by atoms with Crippen molar-refractivity contribution in [2.24, 2.45) is 0 Å². The van der Waals surface area contributed by atoms with Crippen molar-refractivity contribution in [3.05, 3.63) is 0 Å². The molecule has 2 nitrogen and oxygen atoms in total. The lowest BCUT2D eigenvalue weighted by Crippen LogP contribution is -2.26. The van der Waals surface area contributed by atoms with Gasteiger partial charge in [0.2, 0.25) is 0 Å². The Hall–Kier alpha value is 0.620. The number of hydrogen-bond donors (Lipinski definition) is 1. The molecule has 0 bridgehead atoms. The van der Waals surface area contributed by atoms with Crippen molar-refractivity contribution < 1.29 is 0 Å². The van der Waals surface area contributed by atoms with E-state index in [0.29, 0.717) is 5.50 Å². The molecule has 0 saturated carbocycles. The maximum Gasteiger partial charge on any atom is 0.117 e. The van der Waals surface area contributed by atoms with Gasteiger partial charge in [0.25, 0.3) is 0 Å². The van der Waals surface area contributed by atoms with Crippen molar-refractivity contribution in [1.29, 1.82) is 0 Å². The first-order valence-electron chi connectivity index (χ1n) is 2.95. The Bertz CT molecular complexity index is 99.0. The highest BCUT2D eigenvalue weighted by Gasteiger charge is 2.24. The molecule has 1 saturated heterocycles. The minimum absolute atomic E-state index is 0.319. The van der Waals surface area contributed by atoms with Crippen LogP contribution in [0.1, 0.15) is 0 Å². The Morgan fingerprint density at radius 3 is 2.44 bits per heavy atom. The molecule has 0 aliphatic carbocycles. The number of hydrogen-bond acceptors (Lipinski definition) is 4. The van der Waals surface area contributed by atoms with E-state index in [2.05, 4.69) is 35.1 Å². The van der Waals surface area contributed by atoms with Gasteiger partial charge in [-0.05, 0) is 13.3 Å². The molecule has 1 fully saturated rings. The lowest BCUT2D eigenvalue weighted by molar-refractivity contribution is 0.342. The third-order valence-corrected chi connectivity index (χ3v) is 3.24. The van der Waals surface area contributed by atoms with Crippen molar-refractivity contribution in [3.63, 3.8) is 0 Å². The Balaban J connectivity index is 2.41. The van der Waals surface area contributed by atoms with Gasteiger partial charge in [0.05, 0.1) is 0 Å². The van der Waals surface area contributed by atoms with E-state index in [9.17, 15) is 0 Å². The summed E-state index contributed by atoms with van der Waals surface area (Å²) in [5.41, 5.74) is 0.319. The van der Waals surface area contributed by atoms with Crippen LogP contribution in [-0.2, 0) is 0 Å². The average Bonchev–Trinajstić information content (AvgIpc) is 2.15. The van der Waals surface area contributed by atoms with E-state index >= 15 is 0 Å². The summed E-state index contributed by atoms with van der Waals surface area (Å²) in [4.78, 5) is 2.22. The van der Waals surface area contributed by atoms with E-state index in [1.807, 2.05) is 0 Å². The van der Waals surface area contributed by atoms with Gasteiger partial charge in [-0.2, -0.15) is 0 Å². The molecule has 4 heteroatoms. The number of thiol groups is 1. The molecule has 54 valence electrons. The number of likely N-dealkylation sites (N-methyl/N-ethyl adjacent to an activating group) is 1. The first-order valence-corrected chi connectivity index (χ1v) is 4.64. The fourth-order valence-electron chi connectivity index (χ4n) is 0.893. The number of rotatable bonds is 1. The van der Waals surface area contributed by atoms with Crippen LogP contribution < -0.4 is 0 Å². The minimum Gasteiger partial charge on any atom is -0.281 e. The smallest absolute Gasteiger partial charge is 0.117 e. The normalized spacial score (nSPS) is 31.7. The molecule has 1 aliphatic heterocycles. The van der Waals surface area contributed by atoms with Crippen LogP contribution >= 0.6 is 24.6 Å². The van der Waals surface area contributed by atoms with E-state index in [0.717, 1.165) is 13.1 Å². The molecule has 9 heavy (non-hydrogen) atoms. The van der Waals surface area contributed by atoms with E-state index in [1.54, 1.807) is 11.9 Å². The summed E-state index contributed by atoms with van der Waals surface area (Å²) in [6.45, 7) is 2.26. The summed E-state index contributed by atoms with van der Waals surface area (Å²) in [6.07, 6.45) is 2.09. The van der Waals surface area contributed by atoms with Gasteiger partial charge in [-0.15, -0.1) is 12.6 Å². The summed E-state index contributed by atoms with van der Waals surface area (Å²) in [5.74, 6) is 0. The van der Waals surface area contributed by atoms with Crippen LogP contribution in [-0.4, -0.2) is 41.1 Å². The summed E-state index contributed by atoms with van der Waals surface area (Å²) in [6, 6.07) is 0. The average molecular weight is 164 g/mol. The van der Waals surface area contributed by atoms with Crippen molar-refractivity contribution >= 4 is 24.6 Å². The fraction of sp³-hybridized carbons (Fsp3) is 1.00. The molecule has 1 rings (SSSR count). The highest BCUT2D eigenvalue weighted by Crippen LogP contribution is 2.21. The van der Waals surface area contributed by atoms with Gasteiger partial charge < -0.3 is 0 Å².